The van der Waals surface area contributed by atoms with E-state index in [1.54, 1.807) is 11.8 Å². The molecule has 2 rings (SSSR count). The lowest BCUT2D eigenvalue weighted by atomic mass is 10.1. The summed E-state index contributed by atoms with van der Waals surface area (Å²) in [6.45, 7) is 5.92. The highest BCUT2D eigenvalue weighted by molar-refractivity contribution is 7.98. The quantitative estimate of drug-likeness (QED) is 0.848. The van der Waals surface area contributed by atoms with E-state index < -0.39 is 0 Å². The number of aromatic nitrogens is 2. The summed E-state index contributed by atoms with van der Waals surface area (Å²) in [7, 11) is 0. The molecule has 0 saturated carbocycles. The highest BCUT2D eigenvalue weighted by Crippen LogP contribution is 2.22. The fraction of sp³-hybridized carbons (Fsp3) is 0.333. The van der Waals surface area contributed by atoms with Gasteiger partial charge in [0.25, 0.3) is 5.56 Å². The molecule has 1 aromatic carbocycles. The van der Waals surface area contributed by atoms with Crippen molar-refractivity contribution >= 4 is 17.6 Å². The van der Waals surface area contributed by atoms with Gasteiger partial charge in [0.1, 0.15) is 11.6 Å². The van der Waals surface area contributed by atoms with Crippen LogP contribution < -0.4 is 11.3 Å². The first-order chi connectivity index (χ1) is 9.47. The third-order valence-corrected chi connectivity index (χ3v) is 4.03. The first-order valence-electron chi connectivity index (χ1n) is 6.55. The molecule has 2 aromatic rings. The third-order valence-electron chi connectivity index (χ3n) is 3.01. The van der Waals surface area contributed by atoms with Crippen molar-refractivity contribution in [2.45, 2.75) is 37.3 Å². The lowest BCUT2D eigenvalue weighted by Gasteiger charge is -2.09. The molecular formula is C15H19N3OS. The highest BCUT2D eigenvalue weighted by Gasteiger charge is 2.12. The Morgan fingerprint density at radius 2 is 1.95 bits per heavy atom. The normalized spacial score (nSPS) is 11.0. The molecule has 3 N–H and O–H groups in total. The Morgan fingerprint density at radius 3 is 2.50 bits per heavy atom. The Kier molecular flexibility index (Phi) is 4.49. The molecular weight excluding hydrogens is 270 g/mol. The summed E-state index contributed by atoms with van der Waals surface area (Å²) in [5.41, 5.74) is 7.53. The number of aryl methyl sites for hydroxylation is 1. The number of H-pyrrole nitrogens is 1. The molecule has 0 bridgehead atoms. The van der Waals surface area contributed by atoms with Gasteiger partial charge in [-0.3, -0.25) is 4.79 Å². The van der Waals surface area contributed by atoms with Crippen molar-refractivity contribution in [1.82, 2.24) is 9.97 Å². The number of rotatable bonds is 4. The second-order valence-corrected chi connectivity index (χ2v) is 6.12. The van der Waals surface area contributed by atoms with E-state index in [4.69, 9.17) is 5.73 Å². The van der Waals surface area contributed by atoms with Crippen LogP contribution >= 0.6 is 11.8 Å². The summed E-state index contributed by atoms with van der Waals surface area (Å²) in [6.07, 6.45) is 0. The number of anilines is 1. The van der Waals surface area contributed by atoms with Crippen molar-refractivity contribution in [2.24, 2.45) is 0 Å². The molecule has 4 nitrogen and oxygen atoms in total. The molecule has 106 valence electrons. The second-order valence-electron chi connectivity index (χ2n) is 5.07. The maximum absolute atomic E-state index is 12.0. The van der Waals surface area contributed by atoms with Crippen LogP contribution in [0.5, 0.6) is 0 Å². The summed E-state index contributed by atoms with van der Waals surface area (Å²) in [5.74, 6) is 1.62. The van der Waals surface area contributed by atoms with E-state index in [-0.39, 0.29) is 11.5 Å². The van der Waals surface area contributed by atoms with Crippen molar-refractivity contribution < 1.29 is 0 Å². The molecule has 0 aliphatic rings. The summed E-state index contributed by atoms with van der Waals surface area (Å²) in [4.78, 5) is 20.2. The zero-order valence-corrected chi connectivity index (χ0v) is 12.8. The SMILES string of the molecule is Cc1ccc(SCc2nc(N)c(C(C)C)c(=O)[nH]2)cc1. The Bertz CT molecular complexity index is 647. The number of benzene rings is 1. The Morgan fingerprint density at radius 1 is 1.30 bits per heavy atom. The standard InChI is InChI=1S/C15H19N3OS/c1-9(2)13-14(16)17-12(18-15(13)19)8-20-11-6-4-10(3)5-7-11/h4-7,9H,8H2,1-3H3,(H3,16,17,18,19). The second kappa shape index (κ2) is 6.13. The van der Waals surface area contributed by atoms with Crippen molar-refractivity contribution in [3.8, 4) is 0 Å². The lowest BCUT2D eigenvalue weighted by molar-refractivity contribution is 0.824. The van der Waals surface area contributed by atoms with Crippen LogP contribution in [-0.2, 0) is 5.75 Å². The van der Waals surface area contributed by atoms with E-state index in [0.717, 1.165) is 4.90 Å². The zero-order chi connectivity index (χ0) is 14.7. The molecule has 0 unspecified atom stereocenters. The Hall–Kier alpha value is -1.75. The largest absolute Gasteiger partial charge is 0.383 e. The van der Waals surface area contributed by atoms with Gasteiger partial charge in [0.15, 0.2) is 0 Å². The molecule has 0 atom stereocenters. The smallest absolute Gasteiger partial charge is 0.256 e. The number of nitrogens with zero attached hydrogens (tertiary/aromatic N) is 1. The lowest BCUT2D eigenvalue weighted by Crippen LogP contribution is -2.20. The maximum Gasteiger partial charge on any atom is 0.256 e. The van der Waals surface area contributed by atoms with Crippen molar-refractivity contribution in [2.75, 3.05) is 5.73 Å². The van der Waals surface area contributed by atoms with Gasteiger partial charge in [-0.25, -0.2) is 4.98 Å². The third kappa shape index (κ3) is 3.42. The molecule has 1 aromatic heterocycles. The molecule has 0 saturated heterocycles. The molecule has 0 aliphatic carbocycles. The van der Waals surface area contributed by atoms with Crippen LogP contribution in [0, 0.1) is 6.92 Å². The predicted molar refractivity (Wildman–Crippen MR) is 84.1 cm³/mol. The molecule has 0 amide bonds. The minimum Gasteiger partial charge on any atom is -0.383 e. The van der Waals surface area contributed by atoms with Gasteiger partial charge in [-0.15, -0.1) is 11.8 Å². The van der Waals surface area contributed by atoms with Crippen LogP contribution in [0.1, 0.15) is 36.7 Å². The van der Waals surface area contributed by atoms with Crippen LogP contribution in [-0.4, -0.2) is 9.97 Å². The highest BCUT2D eigenvalue weighted by atomic mass is 32.2. The van der Waals surface area contributed by atoms with E-state index >= 15 is 0 Å². The average Bonchev–Trinajstić information content (AvgIpc) is 2.37. The van der Waals surface area contributed by atoms with Gasteiger partial charge >= 0.3 is 0 Å². The van der Waals surface area contributed by atoms with E-state index in [2.05, 4.69) is 41.2 Å². The summed E-state index contributed by atoms with van der Waals surface area (Å²) >= 11 is 1.63. The van der Waals surface area contributed by atoms with Crippen molar-refractivity contribution in [3.05, 3.63) is 51.6 Å². The zero-order valence-electron chi connectivity index (χ0n) is 11.9. The number of thioether (sulfide) groups is 1. The Labute approximate surface area is 122 Å². The van der Waals surface area contributed by atoms with Crippen LogP contribution in [0.4, 0.5) is 5.82 Å². The molecule has 0 aliphatic heterocycles. The predicted octanol–water partition coefficient (Wildman–Crippen LogP) is 3.08. The minimum atomic E-state index is -0.132. The van der Waals surface area contributed by atoms with E-state index in [9.17, 15) is 4.79 Å². The van der Waals surface area contributed by atoms with Crippen LogP contribution in [0.2, 0.25) is 0 Å². The van der Waals surface area contributed by atoms with Crippen molar-refractivity contribution in [3.63, 3.8) is 0 Å². The first kappa shape index (κ1) is 14.7. The van der Waals surface area contributed by atoms with Crippen LogP contribution in [0.25, 0.3) is 0 Å². The van der Waals surface area contributed by atoms with Gasteiger partial charge < -0.3 is 10.7 Å². The molecule has 5 heteroatoms. The Balaban J connectivity index is 2.15. The number of hydrogen-bond acceptors (Lipinski definition) is 4. The van der Waals surface area contributed by atoms with Crippen LogP contribution in [0.3, 0.4) is 0 Å². The van der Waals surface area contributed by atoms with E-state index in [1.807, 2.05) is 13.8 Å². The summed E-state index contributed by atoms with van der Waals surface area (Å²) in [6, 6.07) is 8.25. The fourth-order valence-corrected chi connectivity index (χ4v) is 2.73. The topological polar surface area (TPSA) is 71.8 Å². The van der Waals surface area contributed by atoms with Gasteiger partial charge in [0.2, 0.25) is 0 Å². The number of nitrogen functional groups attached to an aromatic ring is 1. The molecule has 0 radical (unpaired) electrons. The van der Waals surface area contributed by atoms with Crippen molar-refractivity contribution in [1.29, 1.82) is 0 Å². The number of hydrogen-bond donors (Lipinski definition) is 2. The number of nitrogens with one attached hydrogen (secondary N) is 1. The number of nitrogens with two attached hydrogens (primary N) is 1. The maximum atomic E-state index is 12.0. The molecule has 0 spiro atoms. The van der Waals surface area contributed by atoms with Gasteiger partial charge in [0.05, 0.1) is 11.3 Å². The number of aromatic amines is 1. The summed E-state index contributed by atoms with van der Waals surface area (Å²) < 4.78 is 0. The van der Waals surface area contributed by atoms with E-state index in [0.29, 0.717) is 23.0 Å². The fourth-order valence-electron chi connectivity index (χ4n) is 1.96. The first-order valence-corrected chi connectivity index (χ1v) is 7.54. The van der Waals surface area contributed by atoms with Gasteiger partial charge in [-0.05, 0) is 25.0 Å². The average molecular weight is 289 g/mol. The van der Waals surface area contributed by atoms with Crippen LogP contribution in [0.15, 0.2) is 34.0 Å². The van der Waals surface area contributed by atoms with Gasteiger partial charge in [-0.2, -0.15) is 0 Å². The summed E-state index contributed by atoms with van der Waals surface area (Å²) in [5, 5.41) is 0. The molecule has 0 fully saturated rings. The molecule has 1 heterocycles. The monoisotopic (exact) mass is 289 g/mol. The van der Waals surface area contributed by atoms with E-state index in [1.165, 1.54) is 5.56 Å². The minimum absolute atomic E-state index is 0.0741. The molecule has 20 heavy (non-hydrogen) atoms. The van der Waals surface area contributed by atoms with Gasteiger partial charge in [-0.1, -0.05) is 31.5 Å². The van der Waals surface area contributed by atoms with Gasteiger partial charge in [0, 0.05) is 4.90 Å².